The van der Waals surface area contributed by atoms with Crippen molar-refractivity contribution in [2.75, 3.05) is 12.4 Å². The van der Waals surface area contributed by atoms with Crippen LogP contribution < -0.4 is 5.32 Å². The van der Waals surface area contributed by atoms with Gasteiger partial charge < -0.3 is 5.32 Å². The summed E-state index contributed by atoms with van der Waals surface area (Å²) >= 11 is 3.38. The summed E-state index contributed by atoms with van der Waals surface area (Å²) in [6, 6.07) is 15.8. The van der Waals surface area contributed by atoms with Gasteiger partial charge in [0.1, 0.15) is 0 Å². The largest absolute Gasteiger partial charge is 0.325 e. The van der Waals surface area contributed by atoms with Crippen molar-refractivity contribution in [3.63, 3.8) is 0 Å². The molecule has 0 saturated carbocycles. The molecule has 2 rings (SSSR count). The van der Waals surface area contributed by atoms with Crippen molar-refractivity contribution in [2.45, 2.75) is 26.4 Å². The van der Waals surface area contributed by atoms with E-state index in [0.717, 1.165) is 16.7 Å². The molecule has 0 aliphatic heterocycles. The van der Waals surface area contributed by atoms with Crippen LogP contribution in [0.5, 0.6) is 0 Å². The van der Waals surface area contributed by atoms with Gasteiger partial charge in [-0.15, -0.1) is 0 Å². The number of hydrogen-bond acceptors (Lipinski definition) is 2. The number of benzene rings is 2. The Hall–Kier alpha value is -1.65. The van der Waals surface area contributed by atoms with Gasteiger partial charge in [0, 0.05) is 16.7 Å². The molecule has 3 nitrogen and oxygen atoms in total. The average Bonchev–Trinajstić information content (AvgIpc) is 2.51. The van der Waals surface area contributed by atoms with Crippen LogP contribution in [0.25, 0.3) is 0 Å². The number of aryl methyl sites for hydroxylation is 1. The Morgan fingerprint density at radius 3 is 2.32 bits per heavy atom. The first-order valence-electron chi connectivity index (χ1n) is 7.28. The average molecular weight is 361 g/mol. The number of carbonyl (C=O) groups is 1. The third-order valence-electron chi connectivity index (χ3n) is 3.70. The maximum Gasteiger partial charge on any atom is 0.241 e. The lowest BCUT2D eigenvalue weighted by atomic mass is 10.1. The van der Waals surface area contributed by atoms with E-state index < -0.39 is 0 Å². The van der Waals surface area contributed by atoms with Gasteiger partial charge in [0.15, 0.2) is 0 Å². The van der Waals surface area contributed by atoms with Crippen molar-refractivity contribution >= 4 is 27.5 Å². The zero-order valence-corrected chi connectivity index (χ0v) is 14.7. The summed E-state index contributed by atoms with van der Waals surface area (Å²) < 4.78 is 0.995. The Balaban J connectivity index is 1.94. The molecule has 1 N–H and O–H groups in total. The second-order valence-electron chi connectivity index (χ2n) is 5.57. The minimum absolute atomic E-state index is 0.00284. The molecular weight excluding hydrogens is 340 g/mol. The Bertz CT molecular complexity index is 623. The highest BCUT2D eigenvalue weighted by atomic mass is 79.9. The number of nitrogens with one attached hydrogen (secondary N) is 1. The number of rotatable bonds is 5. The Labute approximate surface area is 140 Å². The fourth-order valence-corrected chi connectivity index (χ4v) is 2.36. The number of halogens is 1. The fraction of sp³-hybridized carbons (Fsp3) is 0.278. The molecule has 0 radical (unpaired) electrons. The molecule has 0 fully saturated rings. The van der Waals surface area contributed by atoms with Crippen LogP contribution in [-0.4, -0.2) is 23.9 Å². The number of nitrogens with zero attached hydrogens (tertiary/aromatic N) is 1. The molecule has 0 spiro atoms. The van der Waals surface area contributed by atoms with Gasteiger partial charge in [0.25, 0.3) is 0 Å². The smallest absolute Gasteiger partial charge is 0.241 e. The maximum atomic E-state index is 12.3. The molecule has 0 aliphatic carbocycles. The van der Waals surface area contributed by atoms with Crippen LogP contribution in [0.4, 0.5) is 5.69 Å². The molecule has 0 heterocycles. The minimum atomic E-state index is -0.204. The molecule has 0 bridgehead atoms. The summed E-state index contributed by atoms with van der Waals surface area (Å²) in [7, 11) is 1.96. The van der Waals surface area contributed by atoms with Gasteiger partial charge in [-0.1, -0.05) is 45.8 Å². The zero-order valence-electron chi connectivity index (χ0n) is 13.1. The van der Waals surface area contributed by atoms with Crippen molar-refractivity contribution in [1.29, 1.82) is 0 Å². The molecule has 1 amide bonds. The molecule has 0 saturated heterocycles. The lowest BCUT2D eigenvalue weighted by Gasteiger charge is -2.24. The van der Waals surface area contributed by atoms with Crippen LogP contribution in [0.1, 0.15) is 18.1 Å². The summed E-state index contributed by atoms with van der Waals surface area (Å²) in [5.74, 6) is -0.00284. The number of likely N-dealkylation sites (N-methyl/N-ethyl adjacent to an activating group) is 1. The summed E-state index contributed by atoms with van der Waals surface area (Å²) in [5, 5.41) is 2.94. The molecular formula is C18H21BrN2O. The topological polar surface area (TPSA) is 32.3 Å². The second kappa shape index (κ2) is 7.56. The Morgan fingerprint density at radius 1 is 1.14 bits per heavy atom. The second-order valence-corrected chi connectivity index (χ2v) is 6.49. The summed E-state index contributed by atoms with van der Waals surface area (Å²) in [4.78, 5) is 14.4. The highest BCUT2D eigenvalue weighted by molar-refractivity contribution is 9.10. The van der Waals surface area contributed by atoms with E-state index >= 15 is 0 Å². The fourth-order valence-electron chi connectivity index (χ4n) is 2.10. The Kier molecular flexibility index (Phi) is 5.75. The van der Waals surface area contributed by atoms with Crippen molar-refractivity contribution < 1.29 is 4.79 Å². The van der Waals surface area contributed by atoms with Gasteiger partial charge in [-0.2, -0.15) is 0 Å². The van der Waals surface area contributed by atoms with Crippen molar-refractivity contribution in [3.05, 3.63) is 64.1 Å². The van der Waals surface area contributed by atoms with E-state index in [1.165, 1.54) is 11.1 Å². The van der Waals surface area contributed by atoms with Crippen LogP contribution in [0, 0.1) is 6.92 Å². The van der Waals surface area contributed by atoms with Crippen LogP contribution >= 0.6 is 15.9 Å². The molecule has 116 valence electrons. The molecule has 0 aliphatic rings. The van der Waals surface area contributed by atoms with E-state index in [-0.39, 0.29) is 11.9 Å². The van der Waals surface area contributed by atoms with E-state index in [1.807, 2.05) is 43.1 Å². The lowest BCUT2D eigenvalue weighted by Crippen LogP contribution is -2.39. The molecule has 1 unspecified atom stereocenters. The van der Waals surface area contributed by atoms with Gasteiger partial charge in [-0.25, -0.2) is 0 Å². The van der Waals surface area contributed by atoms with Gasteiger partial charge in [0.05, 0.1) is 6.04 Å². The van der Waals surface area contributed by atoms with Gasteiger partial charge in [0.2, 0.25) is 5.91 Å². The van der Waals surface area contributed by atoms with E-state index in [4.69, 9.17) is 0 Å². The number of hydrogen-bond donors (Lipinski definition) is 1. The standard InChI is InChI=1S/C18H21BrN2O/c1-13-4-6-15(7-5-13)12-21(3)14(2)18(22)20-17-10-8-16(19)9-11-17/h4-11,14H,12H2,1-3H3,(H,20,22). The van der Waals surface area contributed by atoms with Crippen LogP contribution in [0.3, 0.4) is 0 Å². The van der Waals surface area contributed by atoms with Crippen molar-refractivity contribution in [3.8, 4) is 0 Å². The molecule has 0 aromatic heterocycles. The summed E-state index contributed by atoms with van der Waals surface area (Å²) in [6.45, 7) is 4.74. The van der Waals surface area contributed by atoms with Crippen molar-refractivity contribution in [1.82, 2.24) is 4.90 Å². The third kappa shape index (κ3) is 4.68. The first kappa shape index (κ1) is 16.7. The maximum absolute atomic E-state index is 12.3. The quantitative estimate of drug-likeness (QED) is 0.865. The first-order chi connectivity index (χ1) is 10.5. The highest BCUT2D eigenvalue weighted by Crippen LogP contribution is 2.15. The summed E-state index contributed by atoms with van der Waals surface area (Å²) in [5.41, 5.74) is 3.26. The number of anilines is 1. The minimum Gasteiger partial charge on any atom is -0.325 e. The van der Waals surface area contributed by atoms with Gasteiger partial charge in [-0.05, 0) is 50.7 Å². The molecule has 4 heteroatoms. The van der Waals surface area contributed by atoms with E-state index in [0.29, 0.717) is 0 Å². The normalized spacial score (nSPS) is 12.2. The molecule has 1 atom stereocenters. The predicted molar refractivity (Wildman–Crippen MR) is 94.9 cm³/mol. The number of carbonyl (C=O) groups excluding carboxylic acids is 1. The van der Waals surface area contributed by atoms with Crippen LogP contribution in [-0.2, 0) is 11.3 Å². The monoisotopic (exact) mass is 360 g/mol. The highest BCUT2D eigenvalue weighted by Gasteiger charge is 2.18. The zero-order chi connectivity index (χ0) is 16.1. The van der Waals surface area contributed by atoms with Crippen LogP contribution in [0.15, 0.2) is 53.0 Å². The predicted octanol–water partition coefficient (Wildman–Crippen LogP) is 4.22. The van der Waals surface area contributed by atoms with E-state index in [2.05, 4.69) is 52.4 Å². The lowest BCUT2D eigenvalue weighted by molar-refractivity contribution is -0.120. The Morgan fingerprint density at radius 2 is 1.73 bits per heavy atom. The summed E-state index contributed by atoms with van der Waals surface area (Å²) in [6.07, 6.45) is 0. The number of amides is 1. The first-order valence-corrected chi connectivity index (χ1v) is 8.07. The van der Waals surface area contributed by atoms with Gasteiger partial charge in [-0.3, -0.25) is 9.69 Å². The SMILES string of the molecule is Cc1ccc(CN(C)C(C)C(=O)Nc2ccc(Br)cc2)cc1. The van der Waals surface area contributed by atoms with Crippen LogP contribution in [0.2, 0.25) is 0 Å². The molecule has 2 aromatic carbocycles. The van der Waals surface area contributed by atoms with Gasteiger partial charge >= 0.3 is 0 Å². The van der Waals surface area contributed by atoms with Crippen molar-refractivity contribution in [2.24, 2.45) is 0 Å². The molecule has 2 aromatic rings. The molecule has 22 heavy (non-hydrogen) atoms. The van der Waals surface area contributed by atoms with E-state index in [9.17, 15) is 4.79 Å². The third-order valence-corrected chi connectivity index (χ3v) is 4.23. The van der Waals surface area contributed by atoms with E-state index in [1.54, 1.807) is 0 Å².